The summed E-state index contributed by atoms with van der Waals surface area (Å²) in [6, 6.07) is 7.17. The van der Waals surface area contributed by atoms with E-state index >= 15 is 0 Å². The highest BCUT2D eigenvalue weighted by Gasteiger charge is 2.31. The zero-order valence-corrected chi connectivity index (χ0v) is 11.2. The van der Waals surface area contributed by atoms with Crippen LogP contribution in [0.2, 0.25) is 0 Å². The predicted octanol–water partition coefficient (Wildman–Crippen LogP) is 0.675. The van der Waals surface area contributed by atoms with Crippen LogP contribution in [0.15, 0.2) is 29.4 Å². The van der Waals surface area contributed by atoms with Gasteiger partial charge in [0, 0.05) is 19.1 Å². The number of fused-ring (bicyclic) bond motifs is 1. The Morgan fingerprint density at radius 3 is 2.89 bits per heavy atom. The third kappa shape index (κ3) is 2.24. The molecule has 1 aromatic carbocycles. The molecule has 6 nitrogen and oxygen atoms in total. The van der Waals surface area contributed by atoms with Gasteiger partial charge in [-0.25, -0.2) is 13.4 Å². The number of nitrogens with zero attached hydrogens (tertiary/aromatic N) is 2. The molecule has 1 aromatic heterocycles. The number of nitrogens with one attached hydrogen (secondary N) is 1. The molecule has 3 N–H and O–H groups in total. The van der Waals surface area contributed by atoms with Gasteiger partial charge < -0.3 is 10.7 Å². The fraction of sp³-hybridized carbons (Fsp3) is 0.417. The summed E-state index contributed by atoms with van der Waals surface area (Å²) in [7, 11) is -3.57. The van der Waals surface area contributed by atoms with Crippen molar-refractivity contribution in [3.05, 3.63) is 24.3 Å². The van der Waals surface area contributed by atoms with Crippen LogP contribution in [0.1, 0.15) is 12.8 Å². The van der Waals surface area contributed by atoms with Crippen molar-refractivity contribution in [1.29, 1.82) is 0 Å². The fourth-order valence-corrected chi connectivity index (χ4v) is 3.82. The van der Waals surface area contributed by atoms with Crippen LogP contribution < -0.4 is 5.73 Å². The van der Waals surface area contributed by atoms with Crippen molar-refractivity contribution in [1.82, 2.24) is 14.3 Å². The van der Waals surface area contributed by atoms with Gasteiger partial charge in [-0.3, -0.25) is 0 Å². The first-order valence-corrected chi connectivity index (χ1v) is 7.72. The lowest BCUT2D eigenvalue weighted by atomic mass is 10.1. The van der Waals surface area contributed by atoms with Crippen molar-refractivity contribution in [3.63, 3.8) is 0 Å². The maximum atomic E-state index is 12.5. The molecule has 2 heterocycles. The summed E-state index contributed by atoms with van der Waals surface area (Å²) in [6.45, 7) is 0.868. The second kappa shape index (κ2) is 4.59. The molecule has 0 saturated carbocycles. The summed E-state index contributed by atoms with van der Waals surface area (Å²) < 4.78 is 26.4. The Bertz CT molecular complexity index is 662. The molecule has 2 aromatic rings. The van der Waals surface area contributed by atoms with Crippen molar-refractivity contribution in [2.75, 3.05) is 13.1 Å². The smallest absolute Gasteiger partial charge is 0.276 e. The molecule has 1 aliphatic heterocycles. The van der Waals surface area contributed by atoms with Gasteiger partial charge in [-0.05, 0) is 25.0 Å². The molecule has 1 fully saturated rings. The van der Waals surface area contributed by atoms with Crippen LogP contribution in [0.25, 0.3) is 11.0 Å². The zero-order chi connectivity index (χ0) is 13.5. The number of rotatable bonds is 2. The van der Waals surface area contributed by atoms with E-state index in [4.69, 9.17) is 5.73 Å². The Kier molecular flexibility index (Phi) is 3.04. The molecule has 0 bridgehead atoms. The molecule has 1 saturated heterocycles. The third-order valence-electron chi connectivity index (χ3n) is 3.37. The molecule has 1 atom stereocenters. The SMILES string of the molecule is N[C@@H]1CCCN(S(=O)(=O)c2nc3ccccc3[nH]2)C1. The van der Waals surface area contributed by atoms with Gasteiger partial charge in [0.05, 0.1) is 11.0 Å². The lowest BCUT2D eigenvalue weighted by molar-refractivity contribution is 0.314. The number of piperidine rings is 1. The Morgan fingerprint density at radius 1 is 1.37 bits per heavy atom. The van der Waals surface area contributed by atoms with E-state index < -0.39 is 10.0 Å². The van der Waals surface area contributed by atoms with Crippen LogP contribution in [-0.4, -0.2) is 41.8 Å². The number of aromatic nitrogens is 2. The first-order chi connectivity index (χ1) is 9.07. The van der Waals surface area contributed by atoms with E-state index in [1.807, 2.05) is 18.2 Å². The monoisotopic (exact) mass is 280 g/mol. The predicted molar refractivity (Wildman–Crippen MR) is 72.1 cm³/mol. The van der Waals surface area contributed by atoms with Gasteiger partial charge >= 0.3 is 0 Å². The van der Waals surface area contributed by atoms with Crippen LogP contribution in [-0.2, 0) is 10.0 Å². The lowest BCUT2D eigenvalue weighted by Crippen LogP contribution is -2.45. The number of nitrogens with two attached hydrogens (primary N) is 1. The summed E-state index contributed by atoms with van der Waals surface area (Å²) >= 11 is 0. The van der Waals surface area contributed by atoms with Gasteiger partial charge in [0.15, 0.2) is 0 Å². The standard InChI is InChI=1S/C12H16N4O2S/c13-9-4-3-7-16(8-9)19(17,18)12-14-10-5-1-2-6-11(10)15-12/h1-2,5-6,9H,3-4,7-8,13H2,(H,14,15)/t9-/m1/s1. The van der Waals surface area contributed by atoms with E-state index in [1.165, 1.54) is 4.31 Å². The van der Waals surface area contributed by atoms with Gasteiger partial charge in [0.1, 0.15) is 0 Å². The van der Waals surface area contributed by atoms with Gasteiger partial charge in [-0.2, -0.15) is 4.31 Å². The highest BCUT2D eigenvalue weighted by Crippen LogP contribution is 2.20. The maximum absolute atomic E-state index is 12.5. The average molecular weight is 280 g/mol. The Hall–Kier alpha value is -1.44. The Balaban J connectivity index is 1.99. The lowest BCUT2D eigenvalue weighted by Gasteiger charge is -2.28. The highest BCUT2D eigenvalue weighted by atomic mass is 32.2. The molecular weight excluding hydrogens is 264 g/mol. The van der Waals surface area contributed by atoms with E-state index in [2.05, 4.69) is 9.97 Å². The average Bonchev–Trinajstić information content (AvgIpc) is 2.83. The Labute approximate surface area is 111 Å². The summed E-state index contributed by atoms with van der Waals surface area (Å²) in [5, 5.41) is 0.00259. The largest absolute Gasteiger partial charge is 0.328 e. The molecule has 102 valence electrons. The van der Waals surface area contributed by atoms with Crippen molar-refractivity contribution < 1.29 is 8.42 Å². The van der Waals surface area contributed by atoms with Gasteiger partial charge in [-0.15, -0.1) is 0 Å². The number of imidazole rings is 1. The molecule has 0 spiro atoms. The van der Waals surface area contributed by atoms with Crippen LogP contribution in [0.4, 0.5) is 0 Å². The molecule has 7 heteroatoms. The van der Waals surface area contributed by atoms with Crippen LogP contribution in [0.5, 0.6) is 0 Å². The Morgan fingerprint density at radius 2 is 2.16 bits per heavy atom. The third-order valence-corrected chi connectivity index (χ3v) is 5.07. The summed E-state index contributed by atoms with van der Waals surface area (Å²) in [6.07, 6.45) is 1.66. The van der Waals surface area contributed by atoms with Crippen LogP contribution in [0, 0.1) is 0 Å². The minimum atomic E-state index is -3.57. The van der Waals surface area contributed by atoms with E-state index in [0.717, 1.165) is 18.4 Å². The topological polar surface area (TPSA) is 92.1 Å². The summed E-state index contributed by atoms with van der Waals surface area (Å²) in [4.78, 5) is 7.03. The molecule has 0 unspecified atom stereocenters. The molecule has 0 aliphatic carbocycles. The number of hydrogen-bond donors (Lipinski definition) is 2. The van der Waals surface area contributed by atoms with Gasteiger partial charge in [0.25, 0.3) is 10.0 Å². The number of sulfonamides is 1. The van der Waals surface area contributed by atoms with E-state index in [9.17, 15) is 8.42 Å². The second-order valence-electron chi connectivity index (χ2n) is 4.82. The molecule has 1 aliphatic rings. The van der Waals surface area contributed by atoms with Crippen molar-refractivity contribution >= 4 is 21.1 Å². The number of benzene rings is 1. The number of hydrogen-bond acceptors (Lipinski definition) is 4. The van der Waals surface area contributed by atoms with Gasteiger partial charge in [-0.1, -0.05) is 12.1 Å². The minimum Gasteiger partial charge on any atom is -0.328 e. The normalized spacial score (nSPS) is 21.8. The van der Waals surface area contributed by atoms with Crippen molar-refractivity contribution in [2.45, 2.75) is 24.0 Å². The number of para-hydroxylation sites is 2. The second-order valence-corrected chi connectivity index (χ2v) is 6.68. The van der Waals surface area contributed by atoms with E-state index in [0.29, 0.717) is 18.6 Å². The minimum absolute atomic E-state index is 0.00259. The number of aromatic amines is 1. The summed E-state index contributed by atoms with van der Waals surface area (Å²) in [5.41, 5.74) is 7.22. The van der Waals surface area contributed by atoms with Crippen molar-refractivity contribution in [2.24, 2.45) is 5.73 Å². The van der Waals surface area contributed by atoms with E-state index in [-0.39, 0.29) is 11.2 Å². The zero-order valence-electron chi connectivity index (χ0n) is 10.4. The molecule has 0 radical (unpaired) electrons. The molecular formula is C12H16N4O2S. The molecule has 3 rings (SSSR count). The first kappa shape index (κ1) is 12.6. The molecule has 19 heavy (non-hydrogen) atoms. The quantitative estimate of drug-likeness (QED) is 0.846. The fourth-order valence-electron chi connectivity index (χ4n) is 2.37. The highest BCUT2D eigenvalue weighted by molar-refractivity contribution is 7.89. The number of H-pyrrole nitrogens is 1. The van der Waals surface area contributed by atoms with Gasteiger partial charge in [0.2, 0.25) is 5.16 Å². The van der Waals surface area contributed by atoms with E-state index in [1.54, 1.807) is 6.07 Å². The first-order valence-electron chi connectivity index (χ1n) is 6.28. The summed E-state index contributed by atoms with van der Waals surface area (Å²) in [5.74, 6) is 0. The van der Waals surface area contributed by atoms with Crippen LogP contribution >= 0.6 is 0 Å². The van der Waals surface area contributed by atoms with Crippen molar-refractivity contribution in [3.8, 4) is 0 Å². The maximum Gasteiger partial charge on any atom is 0.276 e. The van der Waals surface area contributed by atoms with Crippen LogP contribution in [0.3, 0.4) is 0 Å². The molecule has 0 amide bonds.